The maximum atomic E-state index is 12.8. The van der Waals surface area contributed by atoms with Crippen LogP contribution >= 0.6 is 0 Å². The normalized spacial score (nSPS) is 15.1. The maximum Gasteiger partial charge on any atom is 0.251 e. The second-order valence-electron chi connectivity index (χ2n) is 4.48. The molecule has 2 rings (SSSR count). The van der Waals surface area contributed by atoms with Crippen molar-refractivity contribution in [3.8, 4) is 0 Å². The fourth-order valence-electron chi connectivity index (χ4n) is 2.11. The molecule has 0 fully saturated rings. The minimum atomic E-state index is -0.627. The quantitative estimate of drug-likeness (QED) is 0.657. The molecule has 0 saturated heterocycles. The molecule has 1 aliphatic carbocycles. The lowest BCUT2D eigenvalue weighted by atomic mass is 9.97. The lowest BCUT2D eigenvalue weighted by molar-refractivity contribution is 0.0953. The predicted octanol–water partition coefficient (Wildman–Crippen LogP) is 2.84. The second kappa shape index (κ2) is 6.28. The number of hydrogen-bond donors (Lipinski definition) is 1. The maximum absolute atomic E-state index is 12.8. The van der Waals surface area contributed by atoms with Crippen molar-refractivity contribution in [2.45, 2.75) is 32.1 Å². The van der Waals surface area contributed by atoms with E-state index in [1.807, 2.05) is 0 Å². The van der Waals surface area contributed by atoms with Gasteiger partial charge in [-0.3, -0.25) is 4.79 Å². The summed E-state index contributed by atoms with van der Waals surface area (Å²) in [7, 11) is 0. The number of allylic oxidation sites excluding steroid dienone is 1. The number of aromatic nitrogens is 1. The number of halogens is 1. The molecule has 0 saturated carbocycles. The molecule has 0 aliphatic heterocycles. The van der Waals surface area contributed by atoms with Gasteiger partial charge in [0.2, 0.25) is 5.95 Å². The summed E-state index contributed by atoms with van der Waals surface area (Å²) < 4.78 is 12.8. The highest BCUT2D eigenvalue weighted by Gasteiger charge is 2.07. The third kappa shape index (κ3) is 3.65. The molecule has 96 valence electrons. The van der Waals surface area contributed by atoms with Crippen LogP contribution in [0.15, 0.2) is 30.0 Å². The van der Waals surface area contributed by atoms with Gasteiger partial charge in [0, 0.05) is 24.4 Å². The molecule has 0 bridgehead atoms. The minimum Gasteiger partial charge on any atom is -0.352 e. The van der Waals surface area contributed by atoms with E-state index in [1.54, 1.807) is 0 Å². The summed E-state index contributed by atoms with van der Waals surface area (Å²) in [6, 6.07) is 2.66. The van der Waals surface area contributed by atoms with E-state index in [-0.39, 0.29) is 5.91 Å². The van der Waals surface area contributed by atoms with Gasteiger partial charge in [-0.2, -0.15) is 4.39 Å². The van der Waals surface area contributed by atoms with Gasteiger partial charge in [-0.05, 0) is 38.2 Å². The number of pyridine rings is 1. The van der Waals surface area contributed by atoms with Gasteiger partial charge in [0.05, 0.1) is 0 Å². The molecule has 0 unspecified atom stereocenters. The highest BCUT2D eigenvalue weighted by molar-refractivity contribution is 5.93. The van der Waals surface area contributed by atoms with Crippen LogP contribution in [0.3, 0.4) is 0 Å². The predicted molar refractivity (Wildman–Crippen MR) is 67.7 cm³/mol. The molecule has 0 radical (unpaired) electrons. The van der Waals surface area contributed by atoms with E-state index in [2.05, 4.69) is 16.4 Å². The Morgan fingerprint density at radius 3 is 3.06 bits per heavy atom. The smallest absolute Gasteiger partial charge is 0.251 e. The molecule has 18 heavy (non-hydrogen) atoms. The van der Waals surface area contributed by atoms with Crippen molar-refractivity contribution in [1.29, 1.82) is 0 Å². The first-order valence-electron chi connectivity index (χ1n) is 6.33. The Morgan fingerprint density at radius 2 is 2.33 bits per heavy atom. The average molecular weight is 248 g/mol. The molecule has 1 amide bonds. The molecule has 0 spiro atoms. The number of hydrogen-bond acceptors (Lipinski definition) is 2. The fourth-order valence-corrected chi connectivity index (χ4v) is 2.11. The largest absolute Gasteiger partial charge is 0.352 e. The van der Waals surface area contributed by atoms with Gasteiger partial charge in [0.1, 0.15) is 0 Å². The molecular formula is C14H17FN2O. The molecule has 1 heterocycles. The summed E-state index contributed by atoms with van der Waals surface area (Å²) in [5.41, 5.74) is 1.74. The van der Waals surface area contributed by atoms with Crippen LogP contribution in [0, 0.1) is 5.95 Å². The lowest BCUT2D eigenvalue weighted by Gasteiger charge is -2.12. The Labute approximate surface area is 106 Å². The molecule has 0 atom stereocenters. The molecule has 1 aliphatic rings. The van der Waals surface area contributed by atoms with Crippen LogP contribution in [-0.2, 0) is 0 Å². The standard InChI is InChI=1S/C14H17FN2O/c15-13-10-12(7-9-16-13)14(18)17-8-6-11-4-2-1-3-5-11/h4,7,9-10H,1-3,5-6,8H2,(H,17,18). The molecular weight excluding hydrogens is 231 g/mol. The van der Waals surface area contributed by atoms with E-state index in [4.69, 9.17) is 0 Å². The molecule has 1 aromatic heterocycles. The van der Waals surface area contributed by atoms with E-state index in [0.717, 1.165) is 25.3 Å². The van der Waals surface area contributed by atoms with Crippen molar-refractivity contribution in [2.75, 3.05) is 6.54 Å². The van der Waals surface area contributed by atoms with E-state index >= 15 is 0 Å². The summed E-state index contributed by atoms with van der Waals surface area (Å²) in [6.45, 7) is 0.606. The fraction of sp³-hybridized carbons (Fsp3) is 0.429. The Balaban J connectivity index is 1.79. The van der Waals surface area contributed by atoms with Gasteiger partial charge in [-0.1, -0.05) is 11.6 Å². The minimum absolute atomic E-state index is 0.243. The lowest BCUT2D eigenvalue weighted by Crippen LogP contribution is -2.25. The topological polar surface area (TPSA) is 42.0 Å². The molecule has 4 heteroatoms. The highest BCUT2D eigenvalue weighted by Crippen LogP contribution is 2.19. The van der Waals surface area contributed by atoms with Crippen molar-refractivity contribution in [3.05, 3.63) is 41.5 Å². The van der Waals surface area contributed by atoms with Gasteiger partial charge in [0.15, 0.2) is 0 Å². The Kier molecular flexibility index (Phi) is 4.45. The second-order valence-corrected chi connectivity index (χ2v) is 4.48. The van der Waals surface area contributed by atoms with Crippen LogP contribution in [0.5, 0.6) is 0 Å². The van der Waals surface area contributed by atoms with Gasteiger partial charge in [-0.25, -0.2) is 4.98 Å². The summed E-state index contributed by atoms with van der Waals surface area (Å²) in [6.07, 6.45) is 9.26. The Morgan fingerprint density at radius 1 is 1.44 bits per heavy atom. The summed E-state index contributed by atoms with van der Waals surface area (Å²) in [5.74, 6) is -0.870. The summed E-state index contributed by atoms with van der Waals surface area (Å²) >= 11 is 0. The number of rotatable bonds is 4. The van der Waals surface area contributed by atoms with E-state index < -0.39 is 5.95 Å². The molecule has 3 nitrogen and oxygen atoms in total. The Hall–Kier alpha value is -1.71. The first-order chi connectivity index (χ1) is 8.75. The molecule has 0 aromatic carbocycles. The molecule has 1 N–H and O–H groups in total. The first kappa shape index (κ1) is 12.7. The zero-order chi connectivity index (χ0) is 12.8. The van der Waals surface area contributed by atoms with Crippen molar-refractivity contribution in [3.63, 3.8) is 0 Å². The number of carbonyl (C=O) groups excluding carboxylic acids is 1. The van der Waals surface area contributed by atoms with Crippen molar-refractivity contribution in [1.82, 2.24) is 10.3 Å². The van der Waals surface area contributed by atoms with E-state index in [9.17, 15) is 9.18 Å². The van der Waals surface area contributed by atoms with Crippen LogP contribution in [0.1, 0.15) is 42.5 Å². The van der Waals surface area contributed by atoms with Crippen LogP contribution in [0.2, 0.25) is 0 Å². The SMILES string of the molecule is O=C(NCCC1=CCCCC1)c1ccnc(F)c1. The first-order valence-corrected chi connectivity index (χ1v) is 6.33. The Bertz CT molecular complexity index is 457. The van der Waals surface area contributed by atoms with Gasteiger partial charge in [-0.15, -0.1) is 0 Å². The zero-order valence-electron chi connectivity index (χ0n) is 10.3. The molecule has 1 aromatic rings. The van der Waals surface area contributed by atoms with Gasteiger partial charge in [0.25, 0.3) is 5.91 Å². The average Bonchev–Trinajstić information content (AvgIpc) is 2.40. The third-order valence-electron chi connectivity index (χ3n) is 3.11. The summed E-state index contributed by atoms with van der Waals surface area (Å²) in [5, 5.41) is 2.80. The van der Waals surface area contributed by atoms with Gasteiger partial charge < -0.3 is 5.32 Å². The number of nitrogens with one attached hydrogen (secondary N) is 1. The monoisotopic (exact) mass is 248 g/mol. The van der Waals surface area contributed by atoms with E-state index in [0.29, 0.717) is 12.1 Å². The van der Waals surface area contributed by atoms with Crippen LogP contribution < -0.4 is 5.32 Å². The van der Waals surface area contributed by atoms with Crippen molar-refractivity contribution >= 4 is 5.91 Å². The van der Waals surface area contributed by atoms with Crippen LogP contribution in [0.4, 0.5) is 4.39 Å². The third-order valence-corrected chi connectivity index (χ3v) is 3.11. The number of nitrogens with zero attached hydrogens (tertiary/aromatic N) is 1. The zero-order valence-corrected chi connectivity index (χ0v) is 10.3. The number of carbonyl (C=O) groups is 1. The summed E-state index contributed by atoms with van der Waals surface area (Å²) in [4.78, 5) is 15.1. The van der Waals surface area contributed by atoms with Crippen molar-refractivity contribution < 1.29 is 9.18 Å². The van der Waals surface area contributed by atoms with Gasteiger partial charge >= 0.3 is 0 Å². The highest BCUT2D eigenvalue weighted by atomic mass is 19.1. The van der Waals surface area contributed by atoms with Crippen LogP contribution in [0.25, 0.3) is 0 Å². The van der Waals surface area contributed by atoms with Crippen LogP contribution in [-0.4, -0.2) is 17.4 Å². The number of amides is 1. The van der Waals surface area contributed by atoms with E-state index in [1.165, 1.54) is 30.7 Å². The van der Waals surface area contributed by atoms with Crippen molar-refractivity contribution in [2.24, 2.45) is 0 Å².